The first kappa shape index (κ1) is 17.7. The second-order valence-corrected chi connectivity index (χ2v) is 7.09. The number of para-hydroxylation sites is 1. The van der Waals surface area contributed by atoms with Gasteiger partial charge < -0.3 is 5.32 Å². The Hall–Kier alpha value is -1.40. The highest BCUT2D eigenvalue weighted by Gasteiger charge is 2.19. The number of nitrogens with one attached hydrogen (secondary N) is 1. The summed E-state index contributed by atoms with van der Waals surface area (Å²) in [4.78, 5) is 12.1. The standard InChI is InChI=1S/C15H24N2O3S/c1-5-10-17(21(4,19)20)11-14(18)16-15-12(3)8-7-9-13(15)6-2/h7-9H,5-6,10-11H2,1-4H3,(H,16,18). The van der Waals surface area contributed by atoms with Crippen molar-refractivity contribution in [1.29, 1.82) is 0 Å². The molecule has 1 N–H and O–H groups in total. The maximum Gasteiger partial charge on any atom is 0.239 e. The van der Waals surface area contributed by atoms with Crippen LogP contribution in [0.25, 0.3) is 0 Å². The van der Waals surface area contributed by atoms with Crippen molar-refractivity contribution < 1.29 is 13.2 Å². The van der Waals surface area contributed by atoms with E-state index in [9.17, 15) is 13.2 Å². The molecule has 0 unspecified atom stereocenters. The first-order valence-corrected chi connectivity index (χ1v) is 8.97. The van der Waals surface area contributed by atoms with E-state index in [0.29, 0.717) is 13.0 Å². The fourth-order valence-electron chi connectivity index (χ4n) is 2.15. The van der Waals surface area contributed by atoms with Crippen molar-refractivity contribution in [3.63, 3.8) is 0 Å². The third kappa shape index (κ3) is 5.13. The summed E-state index contributed by atoms with van der Waals surface area (Å²) in [7, 11) is -3.37. The van der Waals surface area contributed by atoms with Gasteiger partial charge in [-0.05, 0) is 30.9 Å². The summed E-state index contributed by atoms with van der Waals surface area (Å²) in [5.74, 6) is -0.308. The molecule has 118 valence electrons. The molecule has 0 aliphatic heterocycles. The summed E-state index contributed by atoms with van der Waals surface area (Å²) in [6, 6.07) is 5.84. The Bertz CT molecular complexity index is 597. The fraction of sp³-hybridized carbons (Fsp3) is 0.533. The normalized spacial score (nSPS) is 11.7. The van der Waals surface area contributed by atoms with Crippen LogP contribution in [0.5, 0.6) is 0 Å². The summed E-state index contributed by atoms with van der Waals surface area (Å²) in [6.45, 7) is 6.02. The second-order valence-electron chi connectivity index (χ2n) is 5.11. The lowest BCUT2D eigenvalue weighted by Crippen LogP contribution is -2.38. The Labute approximate surface area is 127 Å². The Morgan fingerprint density at radius 2 is 1.95 bits per heavy atom. The largest absolute Gasteiger partial charge is 0.324 e. The number of sulfonamides is 1. The van der Waals surface area contributed by atoms with Crippen LogP contribution in [0.2, 0.25) is 0 Å². The van der Waals surface area contributed by atoms with Gasteiger partial charge >= 0.3 is 0 Å². The summed E-state index contributed by atoms with van der Waals surface area (Å²) in [6.07, 6.45) is 2.61. The van der Waals surface area contributed by atoms with Crippen LogP contribution < -0.4 is 5.32 Å². The lowest BCUT2D eigenvalue weighted by molar-refractivity contribution is -0.116. The molecule has 1 aromatic rings. The number of carbonyl (C=O) groups excluding carboxylic acids is 1. The highest BCUT2D eigenvalue weighted by molar-refractivity contribution is 7.88. The number of hydrogen-bond acceptors (Lipinski definition) is 3. The van der Waals surface area contributed by atoms with E-state index in [1.165, 1.54) is 4.31 Å². The number of rotatable bonds is 7. The van der Waals surface area contributed by atoms with Gasteiger partial charge in [-0.15, -0.1) is 0 Å². The summed E-state index contributed by atoms with van der Waals surface area (Å²) < 4.78 is 24.5. The molecule has 1 aromatic carbocycles. The van der Waals surface area contributed by atoms with Crippen molar-refractivity contribution in [3.8, 4) is 0 Å². The minimum atomic E-state index is -3.37. The minimum absolute atomic E-state index is 0.149. The Morgan fingerprint density at radius 3 is 2.48 bits per heavy atom. The Morgan fingerprint density at radius 1 is 1.29 bits per heavy atom. The van der Waals surface area contributed by atoms with Crippen molar-refractivity contribution >= 4 is 21.6 Å². The van der Waals surface area contributed by atoms with Gasteiger partial charge in [-0.25, -0.2) is 8.42 Å². The quantitative estimate of drug-likeness (QED) is 0.839. The second kappa shape index (κ2) is 7.56. The van der Waals surface area contributed by atoms with Crippen LogP contribution in [0.1, 0.15) is 31.4 Å². The van der Waals surface area contributed by atoms with Crippen molar-refractivity contribution in [1.82, 2.24) is 4.31 Å². The molecule has 0 heterocycles. The van der Waals surface area contributed by atoms with Crippen LogP contribution in [-0.4, -0.2) is 38.0 Å². The molecule has 0 aromatic heterocycles. The zero-order valence-electron chi connectivity index (χ0n) is 13.1. The van der Waals surface area contributed by atoms with Crippen LogP contribution >= 0.6 is 0 Å². The lowest BCUT2D eigenvalue weighted by atomic mass is 10.1. The minimum Gasteiger partial charge on any atom is -0.324 e. The van der Waals surface area contributed by atoms with E-state index < -0.39 is 10.0 Å². The molecule has 1 amide bonds. The molecule has 0 aliphatic rings. The molecule has 0 radical (unpaired) electrons. The van der Waals surface area contributed by atoms with Gasteiger partial charge in [-0.3, -0.25) is 4.79 Å². The van der Waals surface area contributed by atoms with E-state index in [4.69, 9.17) is 0 Å². The molecule has 1 rings (SSSR count). The first-order valence-electron chi connectivity index (χ1n) is 7.13. The van der Waals surface area contributed by atoms with E-state index in [2.05, 4.69) is 5.32 Å². The molecule has 0 spiro atoms. The van der Waals surface area contributed by atoms with Gasteiger partial charge in [-0.2, -0.15) is 4.31 Å². The summed E-state index contributed by atoms with van der Waals surface area (Å²) in [5, 5.41) is 2.85. The number of aryl methyl sites for hydroxylation is 2. The molecule has 0 fully saturated rings. The van der Waals surface area contributed by atoms with Gasteiger partial charge in [0.2, 0.25) is 15.9 Å². The number of benzene rings is 1. The van der Waals surface area contributed by atoms with Gasteiger partial charge in [0.05, 0.1) is 12.8 Å². The zero-order chi connectivity index (χ0) is 16.0. The molecule has 0 aliphatic carbocycles. The van der Waals surface area contributed by atoms with E-state index in [1.807, 2.05) is 39.0 Å². The first-order chi connectivity index (χ1) is 9.79. The van der Waals surface area contributed by atoms with Crippen molar-refractivity contribution in [2.75, 3.05) is 24.7 Å². The highest BCUT2D eigenvalue weighted by Crippen LogP contribution is 2.21. The van der Waals surface area contributed by atoms with Gasteiger partial charge in [0.15, 0.2) is 0 Å². The van der Waals surface area contributed by atoms with Crippen molar-refractivity contribution in [3.05, 3.63) is 29.3 Å². The fourth-order valence-corrected chi connectivity index (χ4v) is 3.02. The smallest absolute Gasteiger partial charge is 0.239 e. The maximum absolute atomic E-state index is 12.1. The van der Waals surface area contributed by atoms with Crippen LogP contribution in [0.3, 0.4) is 0 Å². The molecule has 21 heavy (non-hydrogen) atoms. The number of carbonyl (C=O) groups is 1. The lowest BCUT2D eigenvalue weighted by Gasteiger charge is -2.19. The predicted molar refractivity (Wildman–Crippen MR) is 85.9 cm³/mol. The molecule has 6 heteroatoms. The van der Waals surface area contributed by atoms with Gasteiger partial charge in [0, 0.05) is 12.2 Å². The van der Waals surface area contributed by atoms with Crippen molar-refractivity contribution in [2.45, 2.75) is 33.6 Å². The Balaban J connectivity index is 2.87. The third-order valence-electron chi connectivity index (χ3n) is 3.27. The molecule has 0 atom stereocenters. The average molecular weight is 312 g/mol. The molecule has 0 saturated carbocycles. The topological polar surface area (TPSA) is 66.5 Å². The predicted octanol–water partition coefficient (Wildman–Crippen LogP) is 2.17. The number of anilines is 1. The summed E-state index contributed by atoms with van der Waals surface area (Å²) in [5.41, 5.74) is 2.81. The zero-order valence-corrected chi connectivity index (χ0v) is 14.0. The highest BCUT2D eigenvalue weighted by atomic mass is 32.2. The number of amides is 1. The molecule has 0 saturated heterocycles. The number of nitrogens with zero attached hydrogens (tertiary/aromatic N) is 1. The van der Waals surface area contributed by atoms with Gasteiger partial charge in [0.1, 0.15) is 0 Å². The molecular weight excluding hydrogens is 288 g/mol. The number of hydrogen-bond donors (Lipinski definition) is 1. The van der Waals surface area contributed by atoms with E-state index in [-0.39, 0.29) is 12.5 Å². The van der Waals surface area contributed by atoms with E-state index in [0.717, 1.165) is 29.5 Å². The van der Waals surface area contributed by atoms with Crippen LogP contribution in [0.15, 0.2) is 18.2 Å². The van der Waals surface area contributed by atoms with E-state index >= 15 is 0 Å². The van der Waals surface area contributed by atoms with E-state index in [1.54, 1.807) is 0 Å². The molecule has 0 bridgehead atoms. The third-order valence-corrected chi connectivity index (χ3v) is 4.52. The summed E-state index contributed by atoms with van der Waals surface area (Å²) >= 11 is 0. The van der Waals surface area contributed by atoms with Crippen LogP contribution in [0, 0.1) is 6.92 Å². The maximum atomic E-state index is 12.1. The molecular formula is C15H24N2O3S. The van der Waals surface area contributed by atoms with Crippen LogP contribution in [0.4, 0.5) is 5.69 Å². The van der Waals surface area contributed by atoms with Gasteiger partial charge in [0.25, 0.3) is 0 Å². The van der Waals surface area contributed by atoms with Crippen LogP contribution in [-0.2, 0) is 21.2 Å². The monoisotopic (exact) mass is 312 g/mol. The van der Waals surface area contributed by atoms with Gasteiger partial charge in [-0.1, -0.05) is 32.0 Å². The Kier molecular flexibility index (Phi) is 6.36. The molecule has 5 nitrogen and oxygen atoms in total. The van der Waals surface area contributed by atoms with Crippen molar-refractivity contribution in [2.24, 2.45) is 0 Å². The SMILES string of the molecule is CCCN(CC(=O)Nc1c(C)cccc1CC)S(C)(=O)=O. The average Bonchev–Trinajstić information content (AvgIpc) is 2.39.